The van der Waals surface area contributed by atoms with Crippen molar-refractivity contribution in [2.75, 3.05) is 13.2 Å². The second-order valence-corrected chi connectivity index (χ2v) is 3.58. The van der Waals surface area contributed by atoms with Crippen molar-refractivity contribution in [3.05, 3.63) is 34.9 Å². The summed E-state index contributed by atoms with van der Waals surface area (Å²) >= 11 is 0. The Balaban J connectivity index is 2.46. The zero-order valence-electron chi connectivity index (χ0n) is 8.94. The topological polar surface area (TPSA) is 12.0 Å². The molecule has 1 nitrogen and oxygen atoms in total. The second-order valence-electron chi connectivity index (χ2n) is 3.58. The van der Waals surface area contributed by atoms with Gasteiger partial charge in [0.1, 0.15) is 0 Å². The zero-order valence-corrected chi connectivity index (χ0v) is 8.94. The van der Waals surface area contributed by atoms with Crippen LogP contribution in [0.2, 0.25) is 0 Å². The highest BCUT2D eigenvalue weighted by atomic mass is 19.1. The molecular weight excluding hydrogens is 177 g/mol. The number of hydrogen-bond donors (Lipinski definition) is 1. The first-order valence-corrected chi connectivity index (χ1v) is 5.07. The summed E-state index contributed by atoms with van der Waals surface area (Å²) in [5.74, 6) is 0. The predicted molar refractivity (Wildman–Crippen MR) is 58.2 cm³/mol. The van der Waals surface area contributed by atoms with Crippen LogP contribution in [0.3, 0.4) is 0 Å². The molecule has 78 valence electrons. The maximum Gasteiger partial charge on any atom is 0.0906 e. The van der Waals surface area contributed by atoms with Crippen LogP contribution in [0.25, 0.3) is 0 Å². The minimum absolute atomic E-state index is 0.236. The van der Waals surface area contributed by atoms with Gasteiger partial charge in [-0.25, -0.2) is 0 Å². The van der Waals surface area contributed by atoms with E-state index in [0.717, 1.165) is 13.1 Å². The average molecular weight is 195 g/mol. The van der Waals surface area contributed by atoms with Crippen molar-refractivity contribution in [1.82, 2.24) is 5.32 Å². The fourth-order valence-electron chi connectivity index (χ4n) is 1.42. The van der Waals surface area contributed by atoms with Gasteiger partial charge >= 0.3 is 0 Å². The lowest BCUT2D eigenvalue weighted by Crippen LogP contribution is -2.16. The maximum atomic E-state index is 11.8. The van der Waals surface area contributed by atoms with E-state index >= 15 is 0 Å². The van der Waals surface area contributed by atoms with Gasteiger partial charge in [0, 0.05) is 6.54 Å². The number of hydrogen-bond acceptors (Lipinski definition) is 1. The van der Waals surface area contributed by atoms with Gasteiger partial charge in [-0.2, -0.15) is 0 Å². The van der Waals surface area contributed by atoms with Crippen molar-refractivity contribution >= 4 is 0 Å². The Morgan fingerprint density at radius 3 is 2.79 bits per heavy atom. The summed E-state index contributed by atoms with van der Waals surface area (Å²) in [6.07, 6.45) is 0.602. The Morgan fingerprint density at radius 2 is 2.07 bits per heavy atom. The van der Waals surface area contributed by atoms with Crippen molar-refractivity contribution < 1.29 is 4.39 Å². The molecule has 1 aromatic carbocycles. The molecule has 1 rings (SSSR count). The Morgan fingerprint density at radius 1 is 1.29 bits per heavy atom. The van der Waals surface area contributed by atoms with Crippen LogP contribution in [0.5, 0.6) is 0 Å². The summed E-state index contributed by atoms with van der Waals surface area (Å²) in [4.78, 5) is 0. The molecule has 0 aliphatic heterocycles. The molecule has 0 spiro atoms. The SMILES string of the molecule is Cc1cccc(CNCCCF)c1C. The van der Waals surface area contributed by atoms with Crippen molar-refractivity contribution in [2.24, 2.45) is 0 Å². The zero-order chi connectivity index (χ0) is 10.4. The molecule has 0 aromatic heterocycles. The molecule has 0 bridgehead atoms. The lowest BCUT2D eigenvalue weighted by Gasteiger charge is -2.09. The molecule has 2 heteroatoms. The number of aryl methyl sites for hydroxylation is 1. The summed E-state index contributed by atoms with van der Waals surface area (Å²) in [6, 6.07) is 6.29. The van der Waals surface area contributed by atoms with Gasteiger partial charge in [0.15, 0.2) is 0 Å². The average Bonchev–Trinajstić information content (AvgIpc) is 2.19. The van der Waals surface area contributed by atoms with Gasteiger partial charge in [-0.3, -0.25) is 4.39 Å². The monoisotopic (exact) mass is 195 g/mol. The first kappa shape index (κ1) is 11.2. The van der Waals surface area contributed by atoms with Crippen LogP contribution in [-0.2, 0) is 6.54 Å². The van der Waals surface area contributed by atoms with Crippen LogP contribution in [0.4, 0.5) is 4.39 Å². The largest absolute Gasteiger partial charge is 0.313 e. The van der Waals surface area contributed by atoms with Crippen LogP contribution in [0.1, 0.15) is 23.1 Å². The Kier molecular flexibility index (Phi) is 4.60. The highest BCUT2D eigenvalue weighted by Crippen LogP contribution is 2.11. The molecule has 1 aromatic rings. The van der Waals surface area contributed by atoms with Gasteiger partial charge in [0.2, 0.25) is 0 Å². The first-order chi connectivity index (χ1) is 6.75. The standard InChI is InChI=1S/C12H18FN/c1-10-5-3-6-12(11(10)2)9-14-8-4-7-13/h3,5-6,14H,4,7-9H2,1-2H3. The molecule has 0 radical (unpaired) electrons. The van der Waals surface area contributed by atoms with Crippen molar-refractivity contribution in [2.45, 2.75) is 26.8 Å². The van der Waals surface area contributed by atoms with Crippen LogP contribution in [0.15, 0.2) is 18.2 Å². The number of alkyl halides is 1. The molecule has 0 amide bonds. The molecule has 0 fully saturated rings. The summed E-state index contributed by atoms with van der Waals surface area (Å²) in [5, 5.41) is 3.23. The molecule has 0 saturated carbocycles. The summed E-state index contributed by atoms with van der Waals surface area (Å²) < 4.78 is 11.8. The van der Waals surface area contributed by atoms with Gasteiger partial charge in [-0.1, -0.05) is 18.2 Å². The lowest BCUT2D eigenvalue weighted by molar-refractivity contribution is 0.459. The van der Waals surface area contributed by atoms with E-state index in [1.54, 1.807) is 0 Å². The number of nitrogens with one attached hydrogen (secondary N) is 1. The van der Waals surface area contributed by atoms with E-state index in [9.17, 15) is 4.39 Å². The fourth-order valence-corrected chi connectivity index (χ4v) is 1.42. The molecule has 0 unspecified atom stereocenters. The third-order valence-electron chi connectivity index (χ3n) is 2.52. The molecule has 14 heavy (non-hydrogen) atoms. The Labute approximate surface area is 85.3 Å². The van der Waals surface area contributed by atoms with E-state index in [4.69, 9.17) is 0 Å². The summed E-state index contributed by atoms with van der Waals surface area (Å²) in [6.45, 7) is 5.60. The van der Waals surface area contributed by atoms with Crippen LogP contribution in [-0.4, -0.2) is 13.2 Å². The number of benzene rings is 1. The Hall–Kier alpha value is -0.890. The van der Waals surface area contributed by atoms with Crippen LogP contribution >= 0.6 is 0 Å². The smallest absolute Gasteiger partial charge is 0.0906 e. The maximum absolute atomic E-state index is 11.8. The van der Waals surface area contributed by atoms with E-state index in [0.29, 0.717) is 6.42 Å². The number of rotatable bonds is 5. The quantitative estimate of drug-likeness (QED) is 0.712. The van der Waals surface area contributed by atoms with Crippen LogP contribution < -0.4 is 5.32 Å². The molecule has 0 aliphatic carbocycles. The molecule has 1 N–H and O–H groups in total. The van der Waals surface area contributed by atoms with Gasteiger partial charge in [-0.05, 0) is 43.5 Å². The first-order valence-electron chi connectivity index (χ1n) is 5.07. The summed E-state index contributed by atoms with van der Waals surface area (Å²) in [7, 11) is 0. The second kappa shape index (κ2) is 5.76. The van der Waals surface area contributed by atoms with Gasteiger partial charge in [0.25, 0.3) is 0 Å². The third kappa shape index (κ3) is 3.11. The van der Waals surface area contributed by atoms with Gasteiger partial charge < -0.3 is 5.32 Å². The Bertz CT molecular complexity index is 284. The highest BCUT2D eigenvalue weighted by Gasteiger charge is 1.99. The minimum atomic E-state index is -0.236. The molecule has 0 heterocycles. The number of halogens is 1. The lowest BCUT2D eigenvalue weighted by atomic mass is 10.0. The molecule has 0 atom stereocenters. The van der Waals surface area contributed by atoms with Gasteiger partial charge in [0.05, 0.1) is 6.67 Å². The minimum Gasteiger partial charge on any atom is -0.313 e. The molecule has 0 saturated heterocycles. The van der Waals surface area contributed by atoms with Crippen molar-refractivity contribution in [3.8, 4) is 0 Å². The molecule has 0 aliphatic rings. The third-order valence-corrected chi connectivity index (χ3v) is 2.52. The summed E-state index contributed by atoms with van der Waals surface area (Å²) in [5.41, 5.74) is 3.96. The normalized spacial score (nSPS) is 10.5. The van der Waals surface area contributed by atoms with E-state index in [1.165, 1.54) is 16.7 Å². The highest BCUT2D eigenvalue weighted by molar-refractivity contribution is 5.32. The molecular formula is C12H18FN. The van der Waals surface area contributed by atoms with Crippen LogP contribution in [0, 0.1) is 13.8 Å². The van der Waals surface area contributed by atoms with E-state index in [1.807, 2.05) is 0 Å². The van der Waals surface area contributed by atoms with E-state index in [2.05, 4.69) is 37.4 Å². The van der Waals surface area contributed by atoms with E-state index in [-0.39, 0.29) is 6.67 Å². The predicted octanol–water partition coefficient (Wildman–Crippen LogP) is 2.75. The van der Waals surface area contributed by atoms with Crippen molar-refractivity contribution in [3.63, 3.8) is 0 Å². The van der Waals surface area contributed by atoms with E-state index < -0.39 is 0 Å². The fraction of sp³-hybridized carbons (Fsp3) is 0.500. The van der Waals surface area contributed by atoms with Crippen molar-refractivity contribution in [1.29, 1.82) is 0 Å². The van der Waals surface area contributed by atoms with Gasteiger partial charge in [-0.15, -0.1) is 0 Å².